The number of imidazole rings is 1. The minimum atomic E-state index is -0.412. The SMILES string of the molecule is Cc1cc2oc(NC(=O)Cn3cnc4ncn(C)c(=O)c43)nc2cc1Cl. The number of benzene rings is 1. The van der Waals surface area contributed by atoms with Crippen molar-refractivity contribution in [2.24, 2.45) is 7.05 Å². The van der Waals surface area contributed by atoms with Crippen molar-refractivity contribution in [2.45, 2.75) is 13.5 Å². The zero-order chi connectivity index (χ0) is 18.4. The van der Waals surface area contributed by atoms with E-state index in [0.29, 0.717) is 16.1 Å². The van der Waals surface area contributed by atoms with Crippen LogP contribution < -0.4 is 10.9 Å². The lowest BCUT2D eigenvalue weighted by molar-refractivity contribution is -0.116. The molecule has 0 fully saturated rings. The van der Waals surface area contributed by atoms with Gasteiger partial charge in [0.2, 0.25) is 5.91 Å². The number of aromatic nitrogens is 5. The van der Waals surface area contributed by atoms with Crippen molar-refractivity contribution >= 4 is 45.8 Å². The van der Waals surface area contributed by atoms with E-state index in [9.17, 15) is 9.59 Å². The third-order valence-electron chi connectivity index (χ3n) is 3.92. The molecule has 0 radical (unpaired) electrons. The maximum atomic E-state index is 12.3. The van der Waals surface area contributed by atoms with Gasteiger partial charge in [0.1, 0.15) is 12.1 Å². The standard InChI is InChI=1S/C16H13ClN6O3/c1-8-3-11-10(4-9(8)17)20-16(26-11)21-12(24)5-23-7-19-14-13(23)15(25)22(2)6-18-14/h3-4,6-7H,5H2,1-2H3,(H,20,21,24). The second kappa shape index (κ2) is 5.95. The van der Waals surface area contributed by atoms with Crippen LogP contribution in [0, 0.1) is 6.92 Å². The predicted octanol–water partition coefficient (Wildman–Crippen LogP) is 1.87. The molecular formula is C16H13ClN6O3. The van der Waals surface area contributed by atoms with Gasteiger partial charge in [0.05, 0.1) is 12.7 Å². The van der Waals surface area contributed by atoms with Gasteiger partial charge in [-0.1, -0.05) is 11.6 Å². The van der Waals surface area contributed by atoms with Gasteiger partial charge < -0.3 is 13.6 Å². The third-order valence-corrected chi connectivity index (χ3v) is 4.33. The van der Waals surface area contributed by atoms with E-state index >= 15 is 0 Å². The molecule has 1 amide bonds. The summed E-state index contributed by atoms with van der Waals surface area (Å²) in [6.45, 7) is 1.72. The molecule has 0 atom stereocenters. The summed E-state index contributed by atoms with van der Waals surface area (Å²) in [4.78, 5) is 36.8. The van der Waals surface area contributed by atoms with Gasteiger partial charge in [0.15, 0.2) is 16.7 Å². The molecule has 0 unspecified atom stereocenters. The lowest BCUT2D eigenvalue weighted by Crippen LogP contribution is -2.23. The van der Waals surface area contributed by atoms with E-state index in [2.05, 4.69) is 20.3 Å². The van der Waals surface area contributed by atoms with Crippen molar-refractivity contribution in [3.8, 4) is 0 Å². The zero-order valence-electron chi connectivity index (χ0n) is 13.9. The first-order valence-corrected chi connectivity index (χ1v) is 8.03. The number of carbonyl (C=O) groups is 1. The lowest BCUT2D eigenvalue weighted by atomic mass is 10.2. The van der Waals surface area contributed by atoms with Crippen molar-refractivity contribution in [3.05, 3.63) is 45.7 Å². The van der Waals surface area contributed by atoms with Crippen molar-refractivity contribution in [1.29, 1.82) is 0 Å². The highest BCUT2D eigenvalue weighted by Gasteiger charge is 2.15. The number of aryl methyl sites for hydroxylation is 2. The van der Waals surface area contributed by atoms with Gasteiger partial charge in [-0.3, -0.25) is 14.9 Å². The van der Waals surface area contributed by atoms with Crippen molar-refractivity contribution in [1.82, 2.24) is 24.1 Å². The molecule has 26 heavy (non-hydrogen) atoms. The molecule has 0 saturated heterocycles. The first kappa shape index (κ1) is 16.3. The van der Waals surface area contributed by atoms with E-state index in [1.807, 2.05) is 6.92 Å². The molecule has 4 rings (SSSR count). The number of nitrogens with zero attached hydrogens (tertiary/aromatic N) is 5. The highest BCUT2D eigenvalue weighted by Crippen LogP contribution is 2.25. The highest BCUT2D eigenvalue weighted by molar-refractivity contribution is 6.32. The molecule has 3 aromatic heterocycles. The van der Waals surface area contributed by atoms with E-state index in [-0.39, 0.29) is 29.3 Å². The number of hydrogen-bond donors (Lipinski definition) is 1. The summed E-state index contributed by atoms with van der Waals surface area (Å²) >= 11 is 6.06. The van der Waals surface area contributed by atoms with E-state index in [0.717, 1.165) is 5.56 Å². The summed E-state index contributed by atoms with van der Waals surface area (Å²) in [6, 6.07) is 3.48. The van der Waals surface area contributed by atoms with Gasteiger partial charge in [-0.15, -0.1) is 0 Å². The van der Waals surface area contributed by atoms with Crippen LogP contribution in [0.4, 0.5) is 6.01 Å². The molecule has 132 valence electrons. The number of fused-ring (bicyclic) bond motifs is 2. The van der Waals surface area contributed by atoms with Crippen molar-refractivity contribution in [2.75, 3.05) is 5.32 Å². The number of oxazole rings is 1. The van der Waals surface area contributed by atoms with E-state index in [1.54, 1.807) is 19.2 Å². The second-order valence-electron chi connectivity index (χ2n) is 5.84. The number of anilines is 1. The van der Waals surface area contributed by atoms with Crippen molar-refractivity contribution < 1.29 is 9.21 Å². The largest absolute Gasteiger partial charge is 0.423 e. The Morgan fingerprint density at radius 2 is 2.08 bits per heavy atom. The van der Waals surface area contributed by atoms with Crippen LogP contribution in [0.5, 0.6) is 0 Å². The van der Waals surface area contributed by atoms with Crippen LogP contribution in [0.25, 0.3) is 22.3 Å². The van der Waals surface area contributed by atoms with Crippen LogP contribution in [-0.4, -0.2) is 30.0 Å². The second-order valence-corrected chi connectivity index (χ2v) is 6.25. The quantitative estimate of drug-likeness (QED) is 0.588. The Bertz CT molecular complexity index is 1180. The number of carbonyl (C=O) groups excluding carboxylic acids is 1. The molecular weight excluding hydrogens is 360 g/mol. The van der Waals surface area contributed by atoms with Crippen LogP contribution in [0.3, 0.4) is 0 Å². The molecule has 1 N–H and O–H groups in total. The van der Waals surface area contributed by atoms with E-state index in [1.165, 1.54) is 21.8 Å². The first-order valence-electron chi connectivity index (χ1n) is 7.65. The molecule has 9 nitrogen and oxygen atoms in total. The molecule has 0 aliphatic rings. The van der Waals surface area contributed by atoms with Crippen LogP contribution in [-0.2, 0) is 18.4 Å². The Balaban J connectivity index is 1.60. The number of halogens is 1. The molecule has 1 aromatic carbocycles. The van der Waals surface area contributed by atoms with Gasteiger partial charge in [-0.05, 0) is 24.6 Å². The van der Waals surface area contributed by atoms with Crippen LogP contribution in [0.1, 0.15) is 5.56 Å². The molecule has 0 saturated carbocycles. The smallest absolute Gasteiger partial charge is 0.302 e. The molecule has 0 aliphatic heterocycles. The van der Waals surface area contributed by atoms with Gasteiger partial charge in [0.25, 0.3) is 5.56 Å². The molecule has 10 heteroatoms. The fourth-order valence-corrected chi connectivity index (χ4v) is 2.74. The Kier molecular flexibility index (Phi) is 3.73. The number of rotatable bonds is 3. The minimum absolute atomic E-state index is 0.0575. The van der Waals surface area contributed by atoms with Gasteiger partial charge in [0, 0.05) is 12.1 Å². The Morgan fingerprint density at radius 3 is 2.88 bits per heavy atom. The van der Waals surface area contributed by atoms with E-state index in [4.69, 9.17) is 16.0 Å². The maximum Gasteiger partial charge on any atom is 0.302 e. The normalized spacial score (nSPS) is 11.3. The summed E-state index contributed by atoms with van der Waals surface area (Å²) in [7, 11) is 1.58. The maximum absolute atomic E-state index is 12.3. The van der Waals surface area contributed by atoms with Gasteiger partial charge in [-0.25, -0.2) is 9.97 Å². The minimum Gasteiger partial charge on any atom is -0.423 e. The zero-order valence-corrected chi connectivity index (χ0v) is 14.6. The molecule has 3 heterocycles. The summed E-state index contributed by atoms with van der Waals surface area (Å²) in [5, 5.41) is 3.14. The van der Waals surface area contributed by atoms with E-state index < -0.39 is 5.91 Å². The van der Waals surface area contributed by atoms with Crippen LogP contribution in [0.15, 0.2) is 34.0 Å². The molecule has 4 aromatic rings. The topological polar surface area (TPSA) is 108 Å². The van der Waals surface area contributed by atoms with Crippen LogP contribution in [0.2, 0.25) is 5.02 Å². The summed E-state index contributed by atoms with van der Waals surface area (Å²) in [6.07, 6.45) is 2.78. The fraction of sp³-hybridized carbons (Fsp3) is 0.188. The Labute approximate surface area is 151 Å². The average molecular weight is 373 g/mol. The number of hydrogen-bond acceptors (Lipinski definition) is 6. The Hall–Kier alpha value is -3.20. The summed E-state index contributed by atoms with van der Waals surface area (Å²) in [5.41, 5.74) is 2.17. The molecule has 0 spiro atoms. The predicted molar refractivity (Wildman–Crippen MR) is 95.2 cm³/mol. The van der Waals surface area contributed by atoms with Gasteiger partial charge >= 0.3 is 6.01 Å². The summed E-state index contributed by atoms with van der Waals surface area (Å²) < 4.78 is 8.28. The lowest BCUT2D eigenvalue weighted by Gasteiger charge is -2.03. The monoisotopic (exact) mass is 372 g/mol. The Morgan fingerprint density at radius 1 is 1.31 bits per heavy atom. The number of nitrogens with one attached hydrogen (secondary N) is 1. The highest BCUT2D eigenvalue weighted by atomic mass is 35.5. The average Bonchev–Trinajstić information content (AvgIpc) is 3.15. The third kappa shape index (κ3) is 2.72. The molecule has 0 aliphatic carbocycles. The fourth-order valence-electron chi connectivity index (χ4n) is 2.58. The summed E-state index contributed by atoms with van der Waals surface area (Å²) in [5.74, 6) is -0.412. The van der Waals surface area contributed by atoms with Crippen LogP contribution >= 0.6 is 11.6 Å². The van der Waals surface area contributed by atoms with Crippen molar-refractivity contribution in [3.63, 3.8) is 0 Å². The first-order chi connectivity index (χ1) is 12.4. The number of amides is 1. The molecule has 0 bridgehead atoms. The van der Waals surface area contributed by atoms with Gasteiger partial charge in [-0.2, -0.15) is 4.98 Å².